The Kier molecular flexibility index (Phi) is 4.17. The molecule has 6 heteroatoms. The third-order valence-corrected chi connectivity index (χ3v) is 4.88. The van der Waals surface area contributed by atoms with E-state index in [1.807, 2.05) is 65.3 Å². The number of carbonyl (C=O) groups excluding carboxylic acids is 1. The highest BCUT2D eigenvalue weighted by Gasteiger charge is 2.14. The van der Waals surface area contributed by atoms with Crippen LogP contribution >= 0.6 is 0 Å². The molecule has 1 aliphatic rings. The molecule has 3 heterocycles. The predicted octanol–water partition coefficient (Wildman–Crippen LogP) is 4.22. The Morgan fingerprint density at radius 3 is 2.76 bits per heavy atom. The molecule has 0 saturated carbocycles. The summed E-state index contributed by atoms with van der Waals surface area (Å²) in [7, 11) is 0. The Morgan fingerprint density at radius 1 is 1.07 bits per heavy atom. The first-order valence-corrected chi connectivity index (χ1v) is 9.38. The van der Waals surface area contributed by atoms with Crippen LogP contribution in [0.5, 0.6) is 11.5 Å². The van der Waals surface area contributed by atoms with Gasteiger partial charge in [0.05, 0.1) is 12.1 Å². The molecular weight excluding hydrogens is 366 g/mol. The van der Waals surface area contributed by atoms with E-state index in [1.165, 1.54) is 5.56 Å². The number of amides is 1. The van der Waals surface area contributed by atoms with E-state index >= 15 is 0 Å². The van der Waals surface area contributed by atoms with E-state index in [4.69, 9.17) is 9.47 Å². The number of hydrogen-bond acceptors (Lipinski definition) is 4. The molecule has 1 aliphatic heterocycles. The maximum absolute atomic E-state index is 12.4. The number of aryl methyl sites for hydroxylation is 1. The predicted molar refractivity (Wildman–Crippen MR) is 110 cm³/mol. The molecule has 2 aromatic heterocycles. The topological polar surface area (TPSA) is 64.9 Å². The van der Waals surface area contributed by atoms with E-state index in [0.717, 1.165) is 28.2 Å². The van der Waals surface area contributed by atoms with E-state index in [9.17, 15) is 4.79 Å². The van der Waals surface area contributed by atoms with Gasteiger partial charge >= 0.3 is 0 Å². The van der Waals surface area contributed by atoms with Gasteiger partial charge in [0.15, 0.2) is 11.5 Å². The van der Waals surface area contributed by atoms with Crippen molar-refractivity contribution in [1.82, 2.24) is 9.38 Å². The summed E-state index contributed by atoms with van der Waals surface area (Å²) >= 11 is 0. The molecule has 0 atom stereocenters. The lowest BCUT2D eigenvalue weighted by Crippen LogP contribution is -2.14. The zero-order valence-electron chi connectivity index (χ0n) is 15.9. The molecule has 0 bridgehead atoms. The van der Waals surface area contributed by atoms with Crippen molar-refractivity contribution in [2.45, 2.75) is 13.3 Å². The molecule has 0 radical (unpaired) electrons. The van der Waals surface area contributed by atoms with E-state index in [1.54, 1.807) is 0 Å². The Labute approximate surface area is 167 Å². The van der Waals surface area contributed by atoms with Crippen LogP contribution in [0.25, 0.3) is 16.9 Å². The van der Waals surface area contributed by atoms with Gasteiger partial charge in [-0.2, -0.15) is 0 Å². The Bertz CT molecular complexity index is 1210. The van der Waals surface area contributed by atoms with Crippen LogP contribution in [-0.4, -0.2) is 22.1 Å². The lowest BCUT2D eigenvalue weighted by atomic mass is 10.1. The monoisotopic (exact) mass is 385 g/mol. The van der Waals surface area contributed by atoms with E-state index in [-0.39, 0.29) is 19.1 Å². The number of nitrogens with one attached hydrogen (secondary N) is 1. The highest BCUT2D eigenvalue weighted by Crippen LogP contribution is 2.32. The van der Waals surface area contributed by atoms with Crippen LogP contribution in [0.2, 0.25) is 0 Å². The first kappa shape index (κ1) is 17.3. The molecule has 144 valence electrons. The van der Waals surface area contributed by atoms with Crippen molar-refractivity contribution in [3.8, 4) is 22.8 Å². The molecule has 0 aliphatic carbocycles. The maximum atomic E-state index is 12.4. The van der Waals surface area contributed by atoms with Crippen LogP contribution in [-0.2, 0) is 11.2 Å². The minimum atomic E-state index is -0.0835. The van der Waals surface area contributed by atoms with Gasteiger partial charge in [-0.25, -0.2) is 4.98 Å². The quantitative estimate of drug-likeness (QED) is 0.571. The van der Waals surface area contributed by atoms with Gasteiger partial charge in [-0.3, -0.25) is 4.79 Å². The third-order valence-electron chi connectivity index (χ3n) is 4.88. The summed E-state index contributed by atoms with van der Waals surface area (Å²) in [5.74, 6) is 1.31. The second kappa shape index (κ2) is 6.98. The molecule has 1 N–H and O–H groups in total. The summed E-state index contributed by atoms with van der Waals surface area (Å²) in [6, 6.07) is 17.4. The van der Waals surface area contributed by atoms with Crippen molar-refractivity contribution in [2.75, 3.05) is 12.1 Å². The van der Waals surface area contributed by atoms with Crippen LogP contribution in [0.15, 0.2) is 67.0 Å². The number of imidazole rings is 1. The summed E-state index contributed by atoms with van der Waals surface area (Å²) in [4.78, 5) is 17.1. The van der Waals surface area contributed by atoms with Crippen molar-refractivity contribution in [1.29, 1.82) is 0 Å². The van der Waals surface area contributed by atoms with E-state index in [0.29, 0.717) is 11.5 Å². The molecule has 29 heavy (non-hydrogen) atoms. The SMILES string of the molecule is Cc1ccn2cc(-c3ccc(NC(=O)Cc4ccc5c(c4)OCO5)cc3)nc2c1. The minimum absolute atomic E-state index is 0.0835. The summed E-state index contributed by atoms with van der Waals surface area (Å²) < 4.78 is 12.7. The van der Waals surface area contributed by atoms with Gasteiger partial charge in [-0.15, -0.1) is 0 Å². The molecule has 5 rings (SSSR count). The number of anilines is 1. The standard InChI is InChI=1S/C23H19N3O3/c1-15-8-9-26-13-19(25-22(26)10-15)17-3-5-18(6-4-17)24-23(27)12-16-2-7-20-21(11-16)29-14-28-20/h2-11,13H,12,14H2,1H3,(H,24,27). The average molecular weight is 385 g/mol. The zero-order chi connectivity index (χ0) is 19.8. The molecule has 1 amide bonds. The van der Waals surface area contributed by atoms with E-state index < -0.39 is 0 Å². The molecule has 0 unspecified atom stereocenters. The van der Waals surface area contributed by atoms with Gasteiger partial charge < -0.3 is 19.2 Å². The molecule has 6 nitrogen and oxygen atoms in total. The minimum Gasteiger partial charge on any atom is -0.454 e. The van der Waals surface area contributed by atoms with Crippen LogP contribution in [0.4, 0.5) is 5.69 Å². The Morgan fingerprint density at radius 2 is 1.90 bits per heavy atom. The zero-order valence-corrected chi connectivity index (χ0v) is 15.9. The Balaban J connectivity index is 1.27. The van der Waals surface area contributed by atoms with Crippen molar-refractivity contribution in [3.63, 3.8) is 0 Å². The largest absolute Gasteiger partial charge is 0.454 e. The fourth-order valence-corrected chi connectivity index (χ4v) is 3.39. The first-order valence-electron chi connectivity index (χ1n) is 9.38. The van der Waals surface area contributed by atoms with Crippen LogP contribution in [0.1, 0.15) is 11.1 Å². The smallest absolute Gasteiger partial charge is 0.231 e. The summed E-state index contributed by atoms with van der Waals surface area (Å²) in [6.07, 6.45) is 4.28. The lowest BCUT2D eigenvalue weighted by molar-refractivity contribution is -0.115. The second-order valence-electron chi connectivity index (χ2n) is 7.09. The van der Waals surface area contributed by atoms with Gasteiger partial charge in [-0.05, 0) is 54.4 Å². The van der Waals surface area contributed by atoms with Gasteiger partial charge in [-0.1, -0.05) is 18.2 Å². The fourth-order valence-electron chi connectivity index (χ4n) is 3.39. The molecule has 4 aromatic rings. The maximum Gasteiger partial charge on any atom is 0.231 e. The number of hydrogen-bond donors (Lipinski definition) is 1. The van der Waals surface area contributed by atoms with Crippen molar-refractivity contribution in [3.05, 3.63) is 78.1 Å². The van der Waals surface area contributed by atoms with Crippen molar-refractivity contribution in [2.24, 2.45) is 0 Å². The molecule has 0 fully saturated rings. The fraction of sp³-hybridized carbons (Fsp3) is 0.130. The van der Waals surface area contributed by atoms with Crippen LogP contribution in [0, 0.1) is 6.92 Å². The number of nitrogens with zero attached hydrogens (tertiary/aromatic N) is 2. The molecule has 0 spiro atoms. The highest BCUT2D eigenvalue weighted by atomic mass is 16.7. The summed E-state index contributed by atoms with van der Waals surface area (Å²) in [5.41, 5.74) is 5.62. The lowest BCUT2D eigenvalue weighted by Gasteiger charge is -2.07. The number of fused-ring (bicyclic) bond motifs is 2. The molecule has 0 saturated heterocycles. The number of rotatable bonds is 4. The molecule has 2 aromatic carbocycles. The van der Waals surface area contributed by atoms with E-state index in [2.05, 4.69) is 23.3 Å². The van der Waals surface area contributed by atoms with Crippen LogP contribution in [0.3, 0.4) is 0 Å². The number of ether oxygens (including phenoxy) is 2. The van der Waals surface area contributed by atoms with Gasteiger partial charge in [0, 0.05) is 23.6 Å². The normalized spacial score (nSPS) is 12.3. The summed E-state index contributed by atoms with van der Waals surface area (Å²) in [5, 5.41) is 2.93. The average Bonchev–Trinajstić information content (AvgIpc) is 3.34. The van der Waals surface area contributed by atoms with Crippen molar-refractivity contribution >= 4 is 17.2 Å². The Hall–Kier alpha value is -3.80. The molecular formula is C23H19N3O3. The van der Waals surface area contributed by atoms with Gasteiger partial charge in [0.2, 0.25) is 12.7 Å². The number of aromatic nitrogens is 2. The highest BCUT2D eigenvalue weighted by molar-refractivity contribution is 5.92. The number of carbonyl (C=O) groups is 1. The van der Waals surface area contributed by atoms with Crippen LogP contribution < -0.4 is 14.8 Å². The number of pyridine rings is 1. The first-order chi connectivity index (χ1) is 14.1. The number of benzene rings is 2. The van der Waals surface area contributed by atoms with Crippen molar-refractivity contribution < 1.29 is 14.3 Å². The van der Waals surface area contributed by atoms with Gasteiger partial charge in [0.25, 0.3) is 0 Å². The van der Waals surface area contributed by atoms with Gasteiger partial charge in [0.1, 0.15) is 5.65 Å². The second-order valence-corrected chi connectivity index (χ2v) is 7.09. The third kappa shape index (κ3) is 3.52. The summed E-state index contributed by atoms with van der Waals surface area (Å²) in [6.45, 7) is 2.28.